The van der Waals surface area contributed by atoms with Gasteiger partial charge < -0.3 is 10.1 Å². The summed E-state index contributed by atoms with van der Waals surface area (Å²) >= 11 is 1.61. The monoisotopic (exact) mass is 409 g/mol. The summed E-state index contributed by atoms with van der Waals surface area (Å²) in [5, 5.41) is 3.88. The van der Waals surface area contributed by atoms with Gasteiger partial charge in [-0.05, 0) is 49.2 Å². The van der Waals surface area contributed by atoms with Crippen molar-refractivity contribution < 1.29 is 9.53 Å². The number of nitrogens with one attached hydrogen (secondary N) is 1. The van der Waals surface area contributed by atoms with Gasteiger partial charge in [-0.3, -0.25) is 9.69 Å². The van der Waals surface area contributed by atoms with Gasteiger partial charge in [-0.15, -0.1) is 11.3 Å². The van der Waals surface area contributed by atoms with E-state index in [0.29, 0.717) is 13.2 Å². The third-order valence-corrected chi connectivity index (χ3v) is 6.24. The second-order valence-electron chi connectivity index (χ2n) is 7.45. The summed E-state index contributed by atoms with van der Waals surface area (Å²) in [4.78, 5) is 19.2. The number of nitrogens with zero attached hydrogens (tertiary/aromatic N) is 2. The first-order valence-electron chi connectivity index (χ1n) is 10.3. The second kappa shape index (κ2) is 9.96. The van der Waals surface area contributed by atoms with Crippen molar-refractivity contribution in [1.29, 1.82) is 0 Å². The third kappa shape index (κ3) is 5.63. The molecule has 5 nitrogen and oxygen atoms in total. The predicted molar refractivity (Wildman–Crippen MR) is 117 cm³/mol. The molecular formula is C23H27N3O2S. The maximum atomic E-state index is 12.2. The van der Waals surface area contributed by atoms with Crippen LogP contribution in [0, 0.1) is 0 Å². The van der Waals surface area contributed by atoms with Crippen LogP contribution in [0.5, 0.6) is 0 Å². The van der Waals surface area contributed by atoms with Crippen LogP contribution in [0.1, 0.15) is 35.4 Å². The molecule has 6 heteroatoms. The lowest BCUT2D eigenvalue weighted by Gasteiger charge is -2.27. The van der Waals surface area contributed by atoms with Crippen molar-refractivity contribution in [3.63, 3.8) is 0 Å². The van der Waals surface area contributed by atoms with E-state index in [-0.39, 0.29) is 12.5 Å². The molecule has 1 aliphatic rings. The average Bonchev–Trinajstić information content (AvgIpc) is 3.17. The molecule has 0 aliphatic carbocycles. The maximum Gasteiger partial charge on any atom is 0.246 e. The summed E-state index contributed by atoms with van der Waals surface area (Å²) in [5.41, 5.74) is 3.45. The smallest absolute Gasteiger partial charge is 0.246 e. The summed E-state index contributed by atoms with van der Waals surface area (Å²) in [7, 11) is 0. The highest BCUT2D eigenvalue weighted by Crippen LogP contribution is 2.22. The van der Waals surface area contributed by atoms with Gasteiger partial charge in [-0.25, -0.2) is 4.98 Å². The molecule has 3 aromatic rings. The van der Waals surface area contributed by atoms with Crippen LogP contribution < -0.4 is 5.32 Å². The molecule has 1 aliphatic heterocycles. The number of benzene rings is 2. The fourth-order valence-corrected chi connectivity index (χ4v) is 4.61. The van der Waals surface area contributed by atoms with Crippen molar-refractivity contribution >= 4 is 27.5 Å². The van der Waals surface area contributed by atoms with Gasteiger partial charge in [0.25, 0.3) is 0 Å². The third-order valence-electron chi connectivity index (χ3n) is 5.23. The van der Waals surface area contributed by atoms with Gasteiger partial charge in [0.05, 0.1) is 16.8 Å². The molecule has 0 radical (unpaired) electrons. The van der Waals surface area contributed by atoms with E-state index in [4.69, 9.17) is 4.74 Å². The van der Waals surface area contributed by atoms with Gasteiger partial charge in [0, 0.05) is 13.1 Å². The van der Waals surface area contributed by atoms with Gasteiger partial charge in [0.2, 0.25) is 5.91 Å². The van der Waals surface area contributed by atoms with E-state index in [1.807, 2.05) is 30.3 Å². The number of para-hydroxylation sites is 1. The molecule has 4 rings (SSSR count). The molecule has 1 fully saturated rings. The van der Waals surface area contributed by atoms with Crippen LogP contribution >= 0.6 is 11.3 Å². The predicted octanol–water partition coefficient (Wildman–Crippen LogP) is 4.12. The zero-order valence-electron chi connectivity index (χ0n) is 16.6. The lowest BCUT2D eigenvalue weighted by molar-refractivity contribution is -0.126. The molecule has 0 bridgehead atoms. The van der Waals surface area contributed by atoms with Crippen LogP contribution in [0.3, 0.4) is 0 Å². The number of amides is 1. The van der Waals surface area contributed by atoms with E-state index in [1.54, 1.807) is 11.3 Å². The van der Waals surface area contributed by atoms with Gasteiger partial charge >= 0.3 is 0 Å². The van der Waals surface area contributed by atoms with E-state index < -0.39 is 0 Å². The molecule has 1 amide bonds. The van der Waals surface area contributed by atoms with Crippen molar-refractivity contribution in [2.45, 2.75) is 39.0 Å². The molecule has 29 heavy (non-hydrogen) atoms. The minimum atomic E-state index is -0.0983. The normalized spacial score (nSPS) is 14.9. The van der Waals surface area contributed by atoms with Crippen LogP contribution in [0.4, 0.5) is 0 Å². The largest absolute Gasteiger partial charge is 0.364 e. The Morgan fingerprint density at radius 3 is 2.62 bits per heavy atom. The van der Waals surface area contributed by atoms with Gasteiger partial charge in [-0.2, -0.15) is 0 Å². The number of fused-ring (bicyclic) bond motifs is 1. The number of aromatic nitrogens is 1. The molecule has 2 aromatic carbocycles. The first kappa shape index (κ1) is 20.0. The summed E-state index contributed by atoms with van der Waals surface area (Å²) in [6.45, 7) is 4.23. The summed E-state index contributed by atoms with van der Waals surface area (Å²) in [6, 6.07) is 16.4. The molecule has 0 saturated carbocycles. The summed E-state index contributed by atoms with van der Waals surface area (Å²) in [5.74, 6) is -0.0983. The quantitative estimate of drug-likeness (QED) is 0.608. The van der Waals surface area contributed by atoms with E-state index in [2.05, 4.69) is 33.4 Å². The van der Waals surface area contributed by atoms with Crippen molar-refractivity contribution in [2.75, 3.05) is 19.7 Å². The molecule has 0 spiro atoms. The van der Waals surface area contributed by atoms with Crippen LogP contribution in [0.25, 0.3) is 10.2 Å². The van der Waals surface area contributed by atoms with Crippen molar-refractivity contribution in [2.24, 2.45) is 0 Å². The zero-order valence-corrected chi connectivity index (χ0v) is 17.4. The van der Waals surface area contributed by atoms with Gasteiger partial charge in [-0.1, -0.05) is 42.8 Å². The molecule has 2 heterocycles. The van der Waals surface area contributed by atoms with E-state index >= 15 is 0 Å². The highest BCUT2D eigenvalue weighted by molar-refractivity contribution is 7.18. The molecule has 0 unspecified atom stereocenters. The number of carbonyl (C=O) groups excluding carboxylic acids is 1. The minimum Gasteiger partial charge on any atom is -0.364 e. The number of carbonyl (C=O) groups is 1. The number of likely N-dealkylation sites (tertiary alicyclic amines) is 1. The lowest BCUT2D eigenvalue weighted by Crippen LogP contribution is -2.31. The highest BCUT2D eigenvalue weighted by Gasteiger charge is 2.13. The van der Waals surface area contributed by atoms with Crippen LogP contribution in [-0.2, 0) is 29.2 Å². The van der Waals surface area contributed by atoms with Crippen molar-refractivity contribution in [1.82, 2.24) is 15.2 Å². The lowest BCUT2D eigenvalue weighted by atomic mass is 10.0. The first-order chi connectivity index (χ1) is 14.3. The Morgan fingerprint density at radius 1 is 1.03 bits per heavy atom. The van der Waals surface area contributed by atoms with E-state index in [9.17, 15) is 4.79 Å². The molecule has 1 N–H and O–H groups in total. The average molecular weight is 410 g/mol. The number of piperidine rings is 1. The Balaban J connectivity index is 1.24. The Labute approximate surface area is 175 Å². The van der Waals surface area contributed by atoms with Gasteiger partial charge in [0.15, 0.2) is 0 Å². The fraction of sp³-hybridized carbons (Fsp3) is 0.391. The van der Waals surface area contributed by atoms with Crippen LogP contribution in [-0.4, -0.2) is 35.5 Å². The van der Waals surface area contributed by atoms with Crippen molar-refractivity contribution in [3.05, 3.63) is 64.7 Å². The highest BCUT2D eigenvalue weighted by atomic mass is 32.1. The molecule has 152 valence electrons. The van der Waals surface area contributed by atoms with Gasteiger partial charge in [0.1, 0.15) is 11.6 Å². The number of rotatable bonds is 8. The number of ether oxygens (including phenoxy) is 1. The maximum absolute atomic E-state index is 12.2. The SMILES string of the molecule is O=C(COCc1nc2ccccc2s1)NCc1ccccc1CN1CCCCC1. The van der Waals surface area contributed by atoms with Crippen LogP contribution in [0.2, 0.25) is 0 Å². The molecule has 1 saturated heterocycles. The number of thiazole rings is 1. The second-order valence-corrected chi connectivity index (χ2v) is 8.57. The molecule has 1 aromatic heterocycles. The standard InChI is InChI=1S/C23H27N3O2S/c27-22(16-28-17-23-25-20-10-4-5-11-21(20)29-23)24-14-18-8-2-3-9-19(18)15-26-12-6-1-7-13-26/h2-5,8-11H,1,6-7,12-17H2,(H,24,27). The zero-order chi connectivity index (χ0) is 19.9. The fourth-order valence-electron chi connectivity index (χ4n) is 3.70. The Morgan fingerprint density at radius 2 is 1.79 bits per heavy atom. The van der Waals surface area contributed by atoms with E-state index in [0.717, 1.165) is 21.8 Å². The van der Waals surface area contributed by atoms with Crippen LogP contribution in [0.15, 0.2) is 48.5 Å². The minimum absolute atomic E-state index is 0.0459. The Bertz CT molecular complexity index is 917. The molecule has 0 atom stereocenters. The Kier molecular flexibility index (Phi) is 6.87. The molecular weight excluding hydrogens is 382 g/mol. The summed E-state index contributed by atoms with van der Waals surface area (Å²) in [6.07, 6.45) is 3.90. The topological polar surface area (TPSA) is 54.5 Å². The number of hydrogen-bond acceptors (Lipinski definition) is 5. The summed E-state index contributed by atoms with van der Waals surface area (Å²) < 4.78 is 6.72. The van der Waals surface area contributed by atoms with Crippen molar-refractivity contribution in [3.8, 4) is 0 Å². The van der Waals surface area contributed by atoms with E-state index in [1.165, 1.54) is 43.5 Å². The Hall–Kier alpha value is -2.28. The number of hydrogen-bond donors (Lipinski definition) is 1. The first-order valence-corrected chi connectivity index (χ1v) is 11.1.